The molecule has 1 saturated carbocycles. The fourth-order valence-electron chi connectivity index (χ4n) is 3.60. The molecule has 6 nitrogen and oxygen atoms in total. The van der Waals surface area contributed by atoms with Crippen LogP contribution in [0.3, 0.4) is 0 Å². The topological polar surface area (TPSA) is 77.9 Å². The van der Waals surface area contributed by atoms with Crippen molar-refractivity contribution in [2.75, 3.05) is 26.2 Å². The lowest BCUT2D eigenvalue weighted by Gasteiger charge is -2.24. The average molecular weight is 350 g/mol. The Morgan fingerprint density at radius 1 is 1.04 bits per heavy atom. The van der Waals surface area contributed by atoms with Crippen LogP contribution in [0, 0.1) is 11.8 Å². The summed E-state index contributed by atoms with van der Waals surface area (Å²) in [6.07, 6.45) is 2.45. The highest BCUT2D eigenvalue weighted by atomic mass is 32.1. The minimum Gasteiger partial charge on any atom is -0.481 e. The van der Waals surface area contributed by atoms with E-state index in [9.17, 15) is 14.4 Å². The first-order valence-corrected chi connectivity index (χ1v) is 9.33. The molecule has 2 amide bonds. The van der Waals surface area contributed by atoms with Crippen LogP contribution >= 0.6 is 11.3 Å². The molecule has 0 spiro atoms. The molecule has 0 aromatic carbocycles. The van der Waals surface area contributed by atoms with Gasteiger partial charge in [0.15, 0.2) is 0 Å². The normalized spacial score (nSPS) is 24.7. The Morgan fingerprint density at radius 3 is 2.42 bits per heavy atom. The predicted molar refractivity (Wildman–Crippen MR) is 89.9 cm³/mol. The number of nitrogens with zero attached hydrogens (tertiary/aromatic N) is 2. The van der Waals surface area contributed by atoms with E-state index in [-0.39, 0.29) is 23.7 Å². The van der Waals surface area contributed by atoms with Crippen LogP contribution in [0.4, 0.5) is 0 Å². The van der Waals surface area contributed by atoms with Gasteiger partial charge in [-0.2, -0.15) is 11.3 Å². The molecule has 1 aromatic rings. The van der Waals surface area contributed by atoms with E-state index >= 15 is 0 Å². The molecule has 0 radical (unpaired) electrons. The first-order valence-electron chi connectivity index (χ1n) is 8.39. The fraction of sp³-hybridized carbons (Fsp3) is 0.588. The van der Waals surface area contributed by atoms with E-state index in [0.717, 1.165) is 6.42 Å². The Bertz CT molecular complexity index is 616. The van der Waals surface area contributed by atoms with Crippen molar-refractivity contribution in [2.24, 2.45) is 11.8 Å². The number of carboxylic acids is 1. The minimum atomic E-state index is -0.797. The molecule has 1 aliphatic heterocycles. The van der Waals surface area contributed by atoms with Crippen LogP contribution in [0.5, 0.6) is 0 Å². The number of hydrogen-bond donors (Lipinski definition) is 1. The van der Waals surface area contributed by atoms with Crippen molar-refractivity contribution in [3.63, 3.8) is 0 Å². The van der Waals surface area contributed by atoms with Crippen LogP contribution in [-0.2, 0) is 9.59 Å². The number of thiophene rings is 1. The molecule has 0 unspecified atom stereocenters. The highest BCUT2D eigenvalue weighted by Gasteiger charge is 2.36. The lowest BCUT2D eigenvalue weighted by molar-refractivity contribution is -0.141. The third-order valence-electron chi connectivity index (χ3n) is 4.99. The van der Waals surface area contributed by atoms with Gasteiger partial charge in [-0.3, -0.25) is 14.4 Å². The third kappa shape index (κ3) is 3.61. The molecular formula is C17H22N2O4S. The zero-order valence-corrected chi connectivity index (χ0v) is 14.3. The molecule has 2 fully saturated rings. The van der Waals surface area contributed by atoms with Crippen LogP contribution in [0.25, 0.3) is 0 Å². The summed E-state index contributed by atoms with van der Waals surface area (Å²) in [5.74, 6) is -1.28. The van der Waals surface area contributed by atoms with Gasteiger partial charge >= 0.3 is 5.97 Å². The van der Waals surface area contributed by atoms with Crippen LogP contribution in [0.15, 0.2) is 16.8 Å². The van der Waals surface area contributed by atoms with E-state index in [4.69, 9.17) is 5.11 Å². The maximum atomic E-state index is 12.7. The number of amides is 2. The number of carbonyl (C=O) groups excluding carboxylic acids is 2. The van der Waals surface area contributed by atoms with Crippen molar-refractivity contribution in [2.45, 2.75) is 25.7 Å². The SMILES string of the molecule is O=C(O)[C@@H]1CC[C@H](C(=O)N2CCCN(C(=O)c3ccsc3)CC2)C1. The van der Waals surface area contributed by atoms with Crippen LogP contribution in [0.1, 0.15) is 36.0 Å². The first-order chi connectivity index (χ1) is 11.6. The van der Waals surface area contributed by atoms with E-state index < -0.39 is 5.97 Å². The zero-order valence-electron chi connectivity index (χ0n) is 13.5. The average Bonchev–Trinajstić information content (AvgIpc) is 3.21. The van der Waals surface area contributed by atoms with E-state index in [1.165, 1.54) is 11.3 Å². The van der Waals surface area contributed by atoms with Gasteiger partial charge in [0.05, 0.1) is 11.5 Å². The second-order valence-electron chi connectivity index (χ2n) is 6.53. The van der Waals surface area contributed by atoms with Crippen molar-refractivity contribution in [3.05, 3.63) is 22.4 Å². The summed E-state index contributed by atoms with van der Waals surface area (Å²) in [7, 11) is 0. The summed E-state index contributed by atoms with van der Waals surface area (Å²) in [4.78, 5) is 39.8. The maximum absolute atomic E-state index is 12.7. The lowest BCUT2D eigenvalue weighted by atomic mass is 10.0. The molecule has 2 aliphatic rings. The lowest BCUT2D eigenvalue weighted by Crippen LogP contribution is -2.39. The van der Waals surface area contributed by atoms with Crippen LogP contribution in [0.2, 0.25) is 0 Å². The number of carboxylic acid groups (broad SMARTS) is 1. The first kappa shape index (κ1) is 17.0. The summed E-state index contributed by atoms with van der Waals surface area (Å²) in [6, 6.07) is 1.82. The predicted octanol–water partition coefficient (Wildman–Crippen LogP) is 1.92. The quantitative estimate of drug-likeness (QED) is 0.903. The Balaban J connectivity index is 1.56. The molecule has 1 aliphatic carbocycles. The number of carbonyl (C=O) groups is 3. The molecular weight excluding hydrogens is 328 g/mol. The van der Waals surface area contributed by atoms with E-state index in [0.29, 0.717) is 51.0 Å². The molecule has 24 heavy (non-hydrogen) atoms. The summed E-state index contributed by atoms with van der Waals surface area (Å²) in [6.45, 7) is 2.36. The molecule has 0 bridgehead atoms. The second-order valence-corrected chi connectivity index (χ2v) is 7.31. The fourth-order valence-corrected chi connectivity index (χ4v) is 4.23. The molecule has 1 saturated heterocycles. The number of rotatable bonds is 3. The molecule has 1 N–H and O–H groups in total. The largest absolute Gasteiger partial charge is 0.481 e. The van der Waals surface area contributed by atoms with Crippen molar-refractivity contribution < 1.29 is 19.5 Å². The summed E-state index contributed by atoms with van der Waals surface area (Å²) >= 11 is 1.50. The smallest absolute Gasteiger partial charge is 0.306 e. The Kier molecular flexibility index (Phi) is 5.18. The van der Waals surface area contributed by atoms with E-state index in [1.54, 1.807) is 0 Å². The standard InChI is InChI=1S/C17H22N2O4S/c20-15(12-2-3-13(10-12)17(22)23)18-5-1-6-19(8-7-18)16(21)14-4-9-24-11-14/h4,9,11-13H,1-3,5-8,10H2,(H,22,23)/t12-,13+/m0/s1. The van der Waals surface area contributed by atoms with Gasteiger partial charge in [0.25, 0.3) is 5.91 Å². The molecule has 7 heteroatoms. The van der Waals surface area contributed by atoms with Gasteiger partial charge in [0, 0.05) is 37.5 Å². The van der Waals surface area contributed by atoms with Crippen LogP contribution in [-0.4, -0.2) is 58.9 Å². The van der Waals surface area contributed by atoms with Crippen molar-refractivity contribution in [1.82, 2.24) is 9.80 Å². The van der Waals surface area contributed by atoms with Gasteiger partial charge in [-0.15, -0.1) is 0 Å². The maximum Gasteiger partial charge on any atom is 0.306 e. The van der Waals surface area contributed by atoms with Gasteiger partial charge in [-0.25, -0.2) is 0 Å². The third-order valence-corrected chi connectivity index (χ3v) is 5.68. The molecule has 130 valence electrons. The highest BCUT2D eigenvalue weighted by Crippen LogP contribution is 2.32. The Morgan fingerprint density at radius 2 is 1.75 bits per heavy atom. The van der Waals surface area contributed by atoms with E-state index in [1.807, 2.05) is 26.6 Å². The van der Waals surface area contributed by atoms with Gasteiger partial charge in [-0.05, 0) is 37.1 Å². The number of hydrogen-bond acceptors (Lipinski definition) is 4. The Labute approximate surface area is 145 Å². The van der Waals surface area contributed by atoms with Gasteiger partial charge < -0.3 is 14.9 Å². The van der Waals surface area contributed by atoms with Crippen LogP contribution < -0.4 is 0 Å². The molecule has 2 heterocycles. The van der Waals surface area contributed by atoms with Gasteiger partial charge in [0.1, 0.15) is 0 Å². The summed E-state index contributed by atoms with van der Waals surface area (Å²) < 4.78 is 0. The highest BCUT2D eigenvalue weighted by molar-refractivity contribution is 7.08. The van der Waals surface area contributed by atoms with E-state index in [2.05, 4.69) is 0 Å². The monoisotopic (exact) mass is 350 g/mol. The van der Waals surface area contributed by atoms with Gasteiger partial charge in [0.2, 0.25) is 5.91 Å². The Hall–Kier alpha value is -1.89. The second kappa shape index (κ2) is 7.34. The zero-order chi connectivity index (χ0) is 17.1. The summed E-state index contributed by atoms with van der Waals surface area (Å²) in [5, 5.41) is 12.8. The van der Waals surface area contributed by atoms with Gasteiger partial charge in [-0.1, -0.05) is 0 Å². The number of aliphatic carboxylic acids is 1. The van der Waals surface area contributed by atoms with Crippen molar-refractivity contribution in [1.29, 1.82) is 0 Å². The summed E-state index contributed by atoms with van der Waals surface area (Å²) in [5.41, 5.74) is 0.708. The van der Waals surface area contributed by atoms with Crippen molar-refractivity contribution >= 4 is 29.1 Å². The molecule has 3 rings (SSSR count). The molecule has 1 aromatic heterocycles. The van der Waals surface area contributed by atoms with Crippen molar-refractivity contribution in [3.8, 4) is 0 Å². The molecule has 2 atom stereocenters. The minimum absolute atomic E-state index is 0.0253.